The van der Waals surface area contributed by atoms with Gasteiger partial charge in [-0.15, -0.1) is 0 Å². The Morgan fingerprint density at radius 3 is 2.86 bits per heavy atom. The molecule has 4 nitrogen and oxygen atoms in total. The van der Waals surface area contributed by atoms with Gasteiger partial charge in [-0.05, 0) is 13.3 Å². The molecule has 14 heavy (non-hydrogen) atoms. The van der Waals surface area contributed by atoms with Crippen LogP contribution in [-0.4, -0.2) is 33.9 Å². The zero-order chi connectivity index (χ0) is 10.2. The van der Waals surface area contributed by atoms with E-state index in [0.29, 0.717) is 0 Å². The van der Waals surface area contributed by atoms with Gasteiger partial charge in [0.25, 0.3) is 0 Å². The zero-order valence-corrected chi connectivity index (χ0v) is 8.66. The molecule has 1 saturated heterocycles. The number of β-amino-alcohol motifs (C(OH)–C–C–N with tert-alkyl or cyclic N) is 1. The summed E-state index contributed by atoms with van der Waals surface area (Å²) in [6.07, 6.45) is 0.821. The second-order valence-electron chi connectivity index (χ2n) is 4.15. The van der Waals surface area contributed by atoms with Crippen LogP contribution in [-0.2, 0) is 6.54 Å². The molecule has 2 rings (SSSR count). The Kier molecular flexibility index (Phi) is 2.33. The summed E-state index contributed by atoms with van der Waals surface area (Å²) in [7, 11) is 0. The van der Waals surface area contributed by atoms with E-state index in [9.17, 15) is 5.11 Å². The van der Waals surface area contributed by atoms with Gasteiger partial charge < -0.3 is 9.63 Å². The monoisotopic (exact) mass is 196 g/mol. The molecule has 0 spiro atoms. The van der Waals surface area contributed by atoms with Crippen molar-refractivity contribution >= 4 is 0 Å². The number of hydrogen-bond acceptors (Lipinski definition) is 4. The van der Waals surface area contributed by atoms with Gasteiger partial charge in [0.2, 0.25) is 0 Å². The molecule has 1 aliphatic rings. The minimum absolute atomic E-state index is 0.460. The highest BCUT2D eigenvalue weighted by Gasteiger charge is 2.39. The Balaban J connectivity index is 1.85. The number of nitrogens with zero attached hydrogens (tertiary/aromatic N) is 2. The van der Waals surface area contributed by atoms with Crippen LogP contribution < -0.4 is 0 Å². The molecule has 0 aliphatic carbocycles. The molecule has 1 aromatic rings. The van der Waals surface area contributed by atoms with Gasteiger partial charge in [0.1, 0.15) is 5.76 Å². The second kappa shape index (κ2) is 3.37. The molecule has 0 saturated carbocycles. The second-order valence-corrected chi connectivity index (χ2v) is 4.15. The average Bonchev–Trinajstić information content (AvgIpc) is 2.48. The summed E-state index contributed by atoms with van der Waals surface area (Å²) in [6.45, 7) is 6.16. The minimum Gasteiger partial charge on any atom is -0.387 e. The molecule has 0 unspecified atom stereocenters. The number of aromatic nitrogens is 1. The highest BCUT2D eigenvalue weighted by molar-refractivity contribution is 5.05. The van der Waals surface area contributed by atoms with Gasteiger partial charge in [0.05, 0.1) is 11.3 Å². The Bertz CT molecular complexity index is 316. The molecule has 2 heterocycles. The highest BCUT2D eigenvalue weighted by atomic mass is 16.5. The summed E-state index contributed by atoms with van der Waals surface area (Å²) < 4.78 is 4.97. The van der Waals surface area contributed by atoms with Crippen molar-refractivity contribution in [3.05, 3.63) is 17.5 Å². The fraction of sp³-hybridized carbons (Fsp3) is 0.700. The third-order valence-corrected chi connectivity index (χ3v) is 2.76. The van der Waals surface area contributed by atoms with Crippen molar-refractivity contribution < 1.29 is 9.63 Å². The van der Waals surface area contributed by atoms with Gasteiger partial charge in [-0.3, -0.25) is 4.90 Å². The number of aryl methyl sites for hydroxylation is 1. The molecule has 0 atom stereocenters. The lowest BCUT2D eigenvalue weighted by Gasteiger charge is -2.45. The third kappa shape index (κ3) is 1.81. The quantitative estimate of drug-likeness (QED) is 0.781. The highest BCUT2D eigenvalue weighted by Crippen LogP contribution is 2.25. The van der Waals surface area contributed by atoms with Crippen molar-refractivity contribution in [1.29, 1.82) is 0 Å². The van der Waals surface area contributed by atoms with Gasteiger partial charge in [-0.25, -0.2) is 0 Å². The van der Waals surface area contributed by atoms with Gasteiger partial charge >= 0.3 is 0 Å². The van der Waals surface area contributed by atoms with E-state index in [2.05, 4.69) is 10.1 Å². The van der Waals surface area contributed by atoms with Crippen LogP contribution in [0.25, 0.3) is 0 Å². The molecule has 78 valence electrons. The lowest BCUT2D eigenvalue weighted by atomic mass is 9.91. The predicted octanol–water partition coefficient (Wildman–Crippen LogP) is 0.940. The van der Waals surface area contributed by atoms with E-state index < -0.39 is 5.60 Å². The Morgan fingerprint density at radius 1 is 1.64 bits per heavy atom. The van der Waals surface area contributed by atoms with Crippen LogP contribution >= 0.6 is 0 Å². The fourth-order valence-corrected chi connectivity index (χ4v) is 1.84. The molecule has 1 aliphatic heterocycles. The number of rotatable bonds is 3. The Hall–Kier alpha value is -0.870. The lowest BCUT2D eigenvalue weighted by molar-refractivity contribution is -0.104. The molecular weight excluding hydrogens is 180 g/mol. The third-order valence-electron chi connectivity index (χ3n) is 2.76. The van der Waals surface area contributed by atoms with Crippen LogP contribution in [0.1, 0.15) is 24.8 Å². The number of likely N-dealkylation sites (tertiary alicyclic amines) is 1. The number of hydrogen-bond donors (Lipinski definition) is 1. The van der Waals surface area contributed by atoms with E-state index in [-0.39, 0.29) is 0 Å². The van der Waals surface area contributed by atoms with Gasteiger partial charge in [-0.2, -0.15) is 0 Å². The van der Waals surface area contributed by atoms with Gasteiger partial charge in [0.15, 0.2) is 0 Å². The molecule has 1 N–H and O–H groups in total. The zero-order valence-electron chi connectivity index (χ0n) is 8.66. The summed E-state index contributed by atoms with van der Waals surface area (Å²) in [5, 5.41) is 13.7. The first-order valence-corrected chi connectivity index (χ1v) is 4.98. The lowest BCUT2D eigenvalue weighted by Crippen LogP contribution is -2.60. The minimum atomic E-state index is -0.460. The van der Waals surface area contributed by atoms with Crippen LogP contribution in [0, 0.1) is 6.92 Å². The van der Waals surface area contributed by atoms with Crippen LogP contribution in [0.4, 0.5) is 0 Å². The van der Waals surface area contributed by atoms with E-state index in [1.165, 1.54) is 0 Å². The Morgan fingerprint density at radius 2 is 2.36 bits per heavy atom. The van der Waals surface area contributed by atoms with Crippen molar-refractivity contribution in [2.75, 3.05) is 13.1 Å². The standard InChI is InChI=1S/C10H16N2O2/c1-3-10(13)6-12(7-10)5-9-4-8(2)14-11-9/h4,13H,3,5-7H2,1-2H3. The van der Waals surface area contributed by atoms with Gasteiger partial charge in [-0.1, -0.05) is 12.1 Å². The molecule has 0 bridgehead atoms. The maximum atomic E-state index is 9.79. The largest absolute Gasteiger partial charge is 0.387 e. The van der Waals surface area contributed by atoms with E-state index in [1.54, 1.807) is 0 Å². The molecular formula is C10H16N2O2. The number of aliphatic hydroxyl groups is 1. The molecule has 4 heteroatoms. The summed E-state index contributed by atoms with van der Waals surface area (Å²) >= 11 is 0. The fourth-order valence-electron chi connectivity index (χ4n) is 1.84. The van der Waals surface area contributed by atoms with Crippen molar-refractivity contribution in [2.45, 2.75) is 32.4 Å². The topological polar surface area (TPSA) is 49.5 Å². The first kappa shape index (κ1) is 9.68. The van der Waals surface area contributed by atoms with E-state index >= 15 is 0 Å². The Labute approximate surface area is 83.5 Å². The summed E-state index contributed by atoms with van der Waals surface area (Å²) in [5.74, 6) is 0.839. The predicted molar refractivity (Wildman–Crippen MR) is 51.8 cm³/mol. The first-order chi connectivity index (χ1) is 6.61. The van der Waals surface area contributed by atoms with Gasteiger partial charge in [0, 0.05) is 25.7 Å². The van der Waals surface area contributed by atoms with Crippen molar-refractivity contribution in [1.82, 2.24) is 10.1 Å². The van der Waals surface area contributed by atoms with Crippen LogP contribution in [0.5, 0.6) is 0 Å². The normalized spacial score (nSPS) is 20.8. The SMILES string of the molecule is CCC1(O)CN(Cc2cc(C)on2)C1. The van der Waals surface area contributed by atoms with Crippen LogP contribution in [0.15, 0.2) is 10.6 Å². The first-order valence-electron chi connectivity index (χ1n) is 4.98. The smallest absolute Gasteiger partial charge is 0.133 e. The summed E-state index contributed by atoms with van der Waals surface area (Å²) in [5.41, 5.74) is 0.486. The van der Waals surface area contributed by atoms with Crippen molar-refractivity contribution in [2.24, 2.45) is 0 Å². The van der Waals surface area contributed by atoms with Crippen LogP contribution in [0.2, 0.25) is 0 Å². The van der Waals surface area contributed by atoms with E-state index in [4.69, 9.17) is 4.52 Å². The molecule has 0 amide bonds. The summed E-state index contributed by atoms with van der Waals surface area (Å²) in [4.78, 5) is 2.17. The molecule has 0 aromatic carbocycles. The van der Waals surface area contributed by atoms with E-state index in [0.717, 1.165) is 37.5 Å². The maximum Gasteiger partial charge on any atom is 0.133 e. The van der Waals surface area contributed by atoms with Crippen molar-refractivity contribution in [3.8, 4) is 0 Å². The maximum absolute atomic E-state index is 9.79. The molecule has 0 radical (unpaired) electrons. The summed E-state index contributed by atoms with van der Waals surface area (Å²) in [6, 6.07) is 1.93. The molecule has 1 fully saturated rings. The average molecular weight is 196 g/mol. The van der Waals surface area contributed by atoms with Crippen molar-refractivity contribution in [3.63, 3.8) is 0 Å². The van der Waals surface area contributed by atoms with E-state index in [1.807, 2.05) is 19.9 Å². The molecule has 1 aromatic heterocycles. The van der Waals surface area contributed by atoms with Crippen LogP contribution in [0.3, 0.4) is 0 Å².